The van der Waals surface area contributed by atoms with Crippen molar-refractivity contribution in [2.45, 2.75) is 19.9 Å². The normalized spacial score (nSPS) is 12.4. The van der Waals surface area contributed by atoms with Crippen LogP contribution in [-0.2, 0) is 0 Å². The summed E-state index contributed by atoms with van der Waals surface area (Å²) < 4.78 is 1.15. The number of halogens is 1. The Bertz CT molecular complexity index is 465. The summed E-state index contributed by atoms with van der Waals surface area (Å²) in [7, 11) is 0. The van der Waals surface area contributed by atoms with Crippen molar-refractivity contribution in [1.82, 2.24) is 0 Å². The van der Waals surface area contributed by atoms with Gasteiger partial charge in [-0.3, -0.25) is 0 Å². The van der Waals surface area contributed by atoms with E-state index in [2.05, 4.69) is 70.8 Å². The molecular weight excluding hydrogens is 282 g/mol. The Morgan fingerprint density at radius 2 is 2.12 bits per heavy atom. The minimum absolute atomic E-state index is 0.356. The Morgan fingerprint density at radius 1 is 1.31 bits per heavy atom. The Kier molecular flexibility index (Phi) is 3.66. The van der Waals surface area contributed by atoms with Gasteiger partial charge in [-0.1, -0.05) is 28.1 Å². The van der Waals surface area contributed by atoms with Crippen LogP contribution in [0.15, 0.2) is 40.2 Å². The van der Waals surface area contributed by atoms with Gasteiger partial charge in [0.25, 0.3) is 0 Å². The maximum Gasteiger partial charge on any atom is 0.0578 e. The minimum atomic E-state index is 0.356. The van der Waals surface area contributed by atoms with Crippen LogP contribution in [0.5, 0.6) is 0 Å². The molecule has 0 fully saturated rings. The second-order valence-corrected chi connectivity index (χ2v) is 5.68. The van der Waals surface area contributed by atoms with Crippen LogP contribution >= 0.6 is 27.3 Å². The van der Waals surface area contributed by atoms with Gasteiger partial charge in [-0.2, -0.15) is 0 Å². The fraction of sp³-hybridized carbons (Fsp3) is 0.231. The SMILES string of the molecule is Cc1ccc(NC(C)c2cccs2)cc1Br. The van der Waals surface area contributed by atoms with Crippen LogP contribution in [0.25, 0.3) is 0 Å². The van der Waals surface area contributed by atoms with Crippen molar-refractivity contribution < 1.29 is 0 Å². The predicted molar refractivity (Wildman–Crippen MR) is 75.2 cm³/mol. The predicted octanol–water partition coefficient (Wildman–Crippen LogP) is 4.99. The molecule has 0 bridgehead atoms. The molecule has 0 spiro atoms. The van der Waals surface area contributed by atoms with Gasteiger partial charge >= 0.3 is 0 Å². The molecule has 1 atom stereocenters. The molecule has 0 saturated heterocycles. The second kappa shape index (κ2) is 5.02. The molecule has 0 radical (unpaired) electrons. The fourth-order valence-corrected chi connectivity index (χ4v) is 2.65. The largest absolute Gasteiger partial charge is 0.378 e. The number of thiophene rings is 1. The van der Waals surface area contributed by atoms with Gasteiger partial charge < -0.3 is 5.32 Å². The summed E-state index contributed by atoms with van der Waals surface area (Å²) in [6.07, 6.45) is 0. The number of anilines is 1. The first-order valence-electron chi connectivity index (χ1n) is 5.23. The van der Waals surface area contributed by atoms with Crippen molar-refractivity contribution in [2.24, 2.45) is 0 Å². The van der Waals surface area contributed by atoms with Gasteiger partial charge in [-0.15, -0.1) is 11.3 Å². The minimum Gasteiger partial charge on any atom is -0.378 e. The first-order valence-corrected chi connectivity index (χ1v) is 6.90. The van der Waals surface area contributed by atoms with E-state index in [1.54, 1.807) is 11.3 Å². The molecule has 0 saturated carbocycles. The van der Waals surface area contributed by atoms with Gasteiger partial charge in [0.05, 0.1) is 6.04 Å². The van der Waals surface area contributed by atoms with Gasteiger partial charge in [0.2, 0.25) is 0 Å². The third-order valence-corrected chi connectivity index (χ3v) is 4.43. The molecule has 1 N–H and O–H groups in total. The van der Waals surface area contributed by atoms with Crippen molar-refractivity contribution >= 4 is 33.0 Å². The van der Waals surface area contributed by atoms with E-state index in [1.165, 1.54) is 10.4 Å². The van der Waals surface area contributed by atoms with Gasteiger partial charge in [0.1, 0.15) is 0 Å². The van der Waals surface area contributed by atoms with E-state index in [-0.39, 0.29) is 0 Å². The van der Waals surface area contributed by atoms with Crippen LogP contribution in [-0.4, -0.2) is 0 Å². The summed E-state index contributed by atoms with van der Waals surface area (Å²) in [5, 5.41) is 5.60. The van der Waals surface area contributed by atoms with Crippen molar-refractivity contribution in [2.75, 3.05) is 5.32 Å². The zero-order chi connectivity index (χ0) is 11.5. The highest BCUT2D eigenvalue weighted by Gasteiger charge is 2.06. The van der Waals surface area contributed by atoms with Crippen molar-refractivity contribution in [3.8, 4) is 0 Å². The average molecular weight is 296 g/mol. The molecule has 1 aromatic heterocycles. The van der Waals surface area contributed by atoms with Crippen LogP contribution in [0.3, 0.4) is 0 Å². The number of aryl methyl sites for hydroxylation is 1. The molecule has 0 amide bonds. The van der Waals surface area contributed by atoms with Crippen LogP contribution in [0.4, 0.5) is 5.69 Å². The Balaban J connectivity index is 2.12. The lowest BCUT2D eigenvalue weighted by Gasteiger charge is -2.14. The van der Waals surface area contributed by atoms with Gasteiger partial charge in [-0.05, 0) is 43.0 Å². The summed E-state index contributed by atoms with van der Waals surface area (Å²) >= 11 is 5.33. The topological polar surface area (TPSA) is 12.0 Å². The quantitative estimate of drug-likeness (QED) is 0.841. The first-order chi connectivity index (χ1) is 7.66. The number of nitrogens with one attached hydrogen (secondary N) is 1. The fourth-order valence-electron chi connectivity index (χ4n) is 1.54. The number of rotatable bonds is 3. The van der Waals surface area contributed by atoms with E-state index in [1.807, 2.05) is 0 Å². The van der Waals surface area contributed by atoms with E-state index in [9.17, 15) is 0 Å². The molecule has 3 heteroatoms. The number of benzene rings is 1. The number of hydrogen-bond acceptors (Lipinski definition) is 2. The summed E-state index contributed by atoms with van der Waals surface area (Å²) in [4.78, 5) is 1.36. The zero-order valence-electron chi connectivity index (χ0n) is 9.33. The molecule has 1 unspecified atom stereocenters. The standard InChI is InChI=1S/C13H14BrNS/c1-9-5-6-11(8-12(9)14)15-10(2)13-4-3-7-16-13/h3-8,10,15H,1-2H3. The second-order valence-electron chi connectivity index (χ2n) is 3.85. The molecule has 0 aliphatic rings. The molecule has 0 aliphatic heterocycles. The van der Waals surface area contributed by atoms with E-state index >= 15 is 0 Å². The van der Waals surface area contributed by atoms with E-state index in [0.717, 1.165) is 10.2 Å². The highest BCUT2D eigenvalue weighted by molar-refractivity contribution is 9.10. The lowest BCUT2D eigenvalue weighted by Crippen LogP contribution is -2.04. The number of hydrogen-bond donors (Lipinski definition) is 1. The van der Waals surface area contributed by atoms with Crippen molar-refractivity contribution in [3.05, 3.63) is 50.6 Å². The molecule has 2 aromatic rings. The molecule has 84 valence electrons. The molecule has 1 nitrogen and oxygen atoms in total. The third kappa shape index (κ3) is 2.66. The van der Waals surface area contributed by atoms with Crippen LogP contribution < -0.4 is 5.32 Å². The van der Waals surface area contributed by atoms with Crippen LogP contribution in [0.2, 0.25) is 0 Å². The smallest absolute Gasteiger partial charge is 0.0578 e. The summed E-state index contributed by atoms with van der Waals surface area (Å²) in [5.41, 5.74) is 2.41. The molecule has 1 heterocycles. The molecule has 16 heavy (non-hydrogen) atoms. The lowest BCUT2D eigenvalue weighted by atomic mass is 10.2. The molecule has 2 rings (SSSR count). The van der Waals surface area contributed by atoms with Crippen molar-refractivity contribution in [1.29, 1.82) is 0 Å². The first kappa shape index (κ1) is 11.7. The Labute approximate surface area is 109 Å². The van der Waals surface area contributed by atoms with E-state index < -0.39 is 0 Å². The summed E-state index contributed by atoms with van der Waals surface area (Å²) in [6.45, 7) is 4.27. The van der Waals surface area contributed by atoms with Crippen LogP contribution in [0, 0.1) is 6.92 Å². The van der Waals surface area contributed by atoms with Gasteiger partial charge in [0, 0.05) is 15.0 Å². The van der Waals surface area contributed by atoms with Gasteiger partial charge in [0.15, 0.2) is 0 Å². The maximum atomic E-state index is 3.55. The Morgan fingerprint density at radius 3 is 2.75 bits per heavy atom. The van der Waals surface area contributed by atoms with Gasteiger partial charge in [-0.25, -0.2) is 0 Å². The van der Waals surface area contributed by atoms with Crippen molar-refractivity contribution in [3.63, 3.8) is 0 Å². The Hall–Kier alpha value is -0.800. The molecule has 1 aromatic carbocycles. The summed E-state index contributed by atoms with van der Waals surface area (Å²) in [5.74, 6) is 0. The van der Waals surface area contributed by atoms with E-state index in [0.29, 0.717) is 6.04 Å². The highest BCUT2D eigenvalue weighted by atomic mass is 79.9. The lowest BCUT2D eigenvalue weighted by molar-refractivity contribution is 0.908. The maximum absolute atomic E-state index is 3.55. The molecule has 0 aliphatic carbocycles. The zero-order valence-corrected chi connectivity index (χ0v) is 11.7. The highest BCUT2D eigenvalue weighted by Crippen LogP contribution is 2.26. The molecular formula is C13H14BrNS. The summed E-state index contributed by atoms with van der Waals surface area (Å²) in [6, 6.07) is 11.0. The van der Waals surface area contributed by atoms with E-state index in [4.69, 9.17) is 0 Å². The van der Waals surface area contributed by atoms with Crippen LogP contribution in [0.1, 0.15) is 23.4 Å². The monoisotopic (exact) mass is 295 g/mol. The average Bonchev–Trinajstić information content (AvgIpc) is 2.77. The third-order valence-electron chi connectivity index (χ3n) is 2.52.